The third-order valence-electron chi connectivity index (χ3n) is 4.67. The second-order valence-electron chi connectivity index (χ2n) is 6.78. The van der Waals surface area contributed by atoms with Gasteiger partial charge in [-0.05, 0) is 56.3 Å². The van der Waals surface area contributed by atoms with E-state index in [0.29, 0.717) is 34.0 Å². The molecule has 0 saturated heterocycles. The number of nitrogens with zero attached hydrogens (tertiary/aromatic N) is 1. The summed E-state index contributed by atoms with van der Waals surface area (Å²) in [5.74, 6) is 0.887. The number of ether oxygens (including phenoxy) is 2. The zero-order chi connectivity index (χ0) is 23.3. The maximum absolute atomic E-state index is 12.5. The largest absolute Gasteiger partial charge is 0.497 e. The van der Waals surface area contributed by atoms with Gasteiger partial charge in [0.1, 0.15) is 11.5 Å². The highest BCUT2D eigenvalue weighted by Gasteiger charge is 2.19. The van der Waals surface area contributed by atoms with Gasteiger partial charge >= 0.3 is 0 Å². The standard InChI is InChI=1S/C22H23N3O6S/c1-14-15(2)24-31-22(14)25-32(27,28)19-10-7-17(8-11-19)23-21(26)12-6-16-5-9-18(29-3)13-20(16)30-4/h5-13,25H,1-4H3,(H,23,26)/b12-6+. The predicted molar refractivity (Wildman–Crippen MR) is 120 cm³/mol. The summed E-state index contributed by atoms with van der Waals surface area (Å²) in [6, 6.07) is 11.0. The van der Waals surface area contributed by atoms with Crippen molar-refractivity contribution in [3.63, 3.8) is 0 Å². The third kappa shape index (κ3) is 5.27. The Kier molecular flexibility index (Phi) is 6.84. The fourth-order valence-corrected chi connectivity index (χ4v) is 3.76. The van der Waals surface area contributed by atoms with Crippen LogP contribution in [0.2, 0.25) is 0 Å². The fraction of sp³-hybridized carbons (Fsp3) is 0.182. The Morgan fingerprint density at radius 3 is 2.38 bits per heavy atom. The molecule has 2 N–H and O–H groups in total. The number of anilines is 2. The molecule has 1 heterocycles. The van der Waals surface area contributed by atoms with Gasteiger partial charge in [0.05, 0.1) is 24.8 Å². The molecule has 168 valence electrons. The number of amides is 1. The topological polar surface area (TPSA) is 120 Å². The van der Waals surface area contributed by atoms with Gasteiger partial charge in [-0.25, -0.2) is 13.1 Å². The summed E-state index contributed by atoms with van der Waals surface area (Å²) in [5.41, 5.74) is 2.35. The summed E-state index contributed by atoms with van der Waals surface area (Å²) in [7, 11) is -0.777. The molecular weight excluding hydrogens is 434 g/mol. The lowest BCUT2D eigenvalue weighted by Gasteiger charge is -2.08. The fourth-order valence-electron chi connectivity index (χ4n) is 2.71. The van der Waals surface area contributed by atoms with E-state index in [2.05, 4.69) is 15.2 Å². The number of carbonyl (C=O) groups excluding carboxylic acids is 1. The van der Waals surface area contributed by atoms with Crippen molar-refractivity contribution in [2.75, 3.05) is 24.3 Å². The molecule has 3 rings (SSSR count). The lowest BCUT2D eigenvalue weighted by molar-refractivity contribution is -0.111. The van der Waals surface area contributed by atoms with Gasteiger partial charge in [-0.1, -0.05) is 5.16 Å². The van der Waals surface area contributed by atoms with Crippen molar-refractivity contribution in [3.8, 4) is 11.5 Å². The molecule has 10 heteroatoms. The second-order valence-corrected chi connectivity index (χ2v) is 8.46. The Hall–Kier alpha value is -3.79. The highest BCUT2D eigenvalue weighted by Crippen LogP contribution is 2.26. The summed E-state index contributed by atoms with van der Waals surface area (Å²) in [6.07, 6.45) is 2.96. The van der Waals surface area contributed by atoms with E-state index in [1.54, 1.807) is 45.2 Å². The van der Waals surface area contributed by atoms with Crippen molar-refractivity contribution in [2.45, 2.75) is 18.7 Å². The summed E-state index contributed by atoms with van der Waals surface area (Å²) < 4.78 is 42.9. The van der Waals surface area contributed by atoms with E-state index >= 15 is 0 Å². The first-order valence-corrected chi connectivity index (χ1v) is 11.0. The molecule has 32 heavy (non-hydrogen) atoms. The van der Waals surface area contributed by atoms with E-state index in [0.717, 1.165) is 0 Å². The van der Waals surface area contributed by atoms with Crippen molar-refractivity contribution >= 4 is 33.6 Å². The molecule has 0 fully saturated rings. The van der Waals surface area contributed by atoms with Crippen molar-refractivity contribution in [1.82, 2.24) is 5.16 Å². The Balaban J connectivity index is 1.67. The van der Waals surface area contributed by atoms with Crippen molar-refractivity contribution < 1.29 is 27.2 Å². The number of sulfonamides is 1. The monoisotopic (exact) mass is 457 g/mol. The Labute approximate surface area is 186 Å². The van der Waals surface area contributed by atoms with Crippen LogP contribution in [0.3, 0.4) is 0 Å². The molecule has 0 aliphatic carbocycles. The first-order valence-electron chi connectivity index (χ1n) is 9.50. The van der Waals surface area contributed by atoms with Crippen molar-refractivity contribution in [2.24, 2.45) is 0 Å². The number of hydrogen-bond donors (Lipinski definition) is 2. The van der Waals surface area contributed by atoms with Crippen molar-refractivity contribution in [3.05, 3.63) is 65.4 Å². The average Bonchev–Trinajstić information content (AvgIpc) is 3.09. The molecule has 9 nitrogen and oxygen atoms in total. The van der Waals surface area contributed by atoms with E-state index in [1.165, 1.54) is 37.5 Å². The van der Waals surface area contributed by atoms with Crippen LogP contribution in [0.1, 0.15) is 16.8 Å². The van der Waals surface area contributed by atoms with Crippen LogP contribution < -0.4 is 19.5 Å². The van der Waals surface area contributed by atoms with Gasteiger partial charge in [0.25, 0.3) is 10.0 Å². The van der Waals surface area contributed by atoms with Crippen LogP contribution in [0, 0.1) is 13.8 Å². The van der Waals surface area contributed by atoms with Gasteiger partial charge in [-0.3, -0.25) is 4.79 Å². The zero-order valence-electron chi connectivity index (χ0n) is 18.0. The zero-order valence-corrected chi connectivity index (χ0v) is 18.8. The smallest absolute Gasteiger partial charge is 0.264 e. The van der Waals surface area contributed by atoms with Gasteiger partial charge in [0, 0.05) is 29.0 Å². The molecule has 0 aliphatic rings. The Morgan fingerprint density at radius 1 is 1.06 bits per heavy atom. The average molecular weight is 458 g/mol. The summed E-state index contributed by atoms with van der Waals surface area (Å²) in [6.45, 7) is 3.42. The van der Waals surface area contributed by atoms with E-state index in [1.807, 2.05) is 0 Å². The minimum absolute atomic E-state index is 0.0162. The minimum atomic E-state index is -3.86. The molecular formula is C22H23N3O6S. The van der Waals surface area contributed by atoms with Crippen LogP contribution in [-0.2, 0) is 14.8 Å². The Morgan fingerprint density at radius 2 is 1.78 bits per heavy atom. The van der Waals surface area contributed by atoms with Crippen LogP contribution in [0.15, 0.2) is 58.0 Å². The van der Waals surface area contributed by atoms with Gasteiger partial charge in [-0.2, -0.15) is 0 Å². The van der Waals surface area contributed by atoms with Crippen molar-refractivity contribution in [1.29, 1.82) is 0 Å². The summed E-state index contributed by atoms with van der Waals surface area (Å²) in [4.78, 5) is 12.3. The van der Waals surface area contributed by atoms with Crippen LogP contribution in [-0.4, -0.2) is 33.7 Å². The molecule has 1 aromatic heterocycles. The summed E-state index contributed by atoms with van der Waals surface area (Å²) in [5, 5.41) is 6.41. The summed E-state index contributed by atoms with van der Waals surface area (Å²) >= 11 is 0. The number of methoxy groups -OCH3 is 2. The third-order valence-corrected chi connectivity index (χ3v) is 6.02. The number of nitrogens with one attached hydrogen (secondary N) is 2. The molecule has 3 aromatic rings. The molecule has 0 atom stereocenters. The molecule has 0 radical (unpaired) electrons. The number of aryl methyl sites for hydroxylation is 1. The predicted octanol–water partition coefficient (Wildman–Crippen LogP) is 3.76. The molecule has 0 saturated carbocycles. The SMILES string of the molecule is COc1ccc(/C=C/C(=O)Nc2ccc(S(=O)(=O)Nc3onc(C)c3C)cc2)c(OC)c1. The van der Waals surface area contributed by atoms with Crippen LogP contribution in [0.4, 0.5) is 11.6 Å². The van der Waals surface area contributed by atoms with Gasteiger partial charge < -0.3 is 19.3 Å². The maximum Gasteiger partial charge on any atom is 0.264 e. The molecule has 0 spiro atoms. The molecule has 2 aromatic carbocycles. The van der Waals surface area contributed by atoms with Crippen LogP contribution >= 0.6 is 0 Å². The molecule has 0 unspecified atom stereocenters. The van der Waals surface area contributed by atoms with E-state index in [9.17, 15) is 13.2 Å². The van der Waals surface area contributed by atoms with Gasteiger partial charge in [-0.15, -0.1) is 0 Å². The van der Waals surface area contributed by atoms with Crippen LogP contribution in [0.5, 0.6) is 11.5 Å². The van der Waals surface area contributed by atoms with E-state index in [-0.39, 0.29) is 16.7 Å². The lowest BCUT2D eigenvalue weighted by atomic mass is 10.1. The number of aromatic nitrogens is 1. The van der Waals surface area contributed by atoms with Gasteiger partial charge in [0.15, 0.2) is 0 Å². The normalized spacial score (nSPS) is 11.4. The maximum atomic E-state index is 12.5. The molecule has 1 amide bonds. The first-order chi connectivity index (χ1) is 15.2. The highest BCUT2D eigenvalue weighted by molar-refractivity contribution is 7.92. The molecule has 0 aliphatic heterocycles. The Bertz CT molecular complexity index is 1250. The van der Waals surface area contributed by atoms with Crippen LogP contribution in [0.25, 0.3) is 6.08 Å². The number of carbonyl (C=O) groups is 1. The number of benzene rings is 2. The number of rotatable bonds is 8. The highest BCUT2D eigenvalue weighted by atomic mass is 32.2. The first kappa shape index (κ1) is 22.9. The lowest BCUT2D eigenvalue weighted by Crippen LogP contribution is -2.13. The minimum Gasteiger partial charge on any atom is -0.497 e. The van der Waals surface area contributed by atoms with E-state index in [4.69, 9.17) is 14.0 Å². The molecule has 0 bridgehead atoms. The van der Waals surface area contributed by atoms with E-state index < -0.39 is 10.0 Å². The second kappa shape index (κ2) is 9.56. The quantitative estimate of drug-likeness (QED) is 0.494. The number of hydrogen-bond acceptors (Lipinski definition) is 7. The van der Waals surface area contributed by atoms with Gasteiger partial charge in [0.2, 0.25) is 11.8 Å².